The van der Waals surface area contributed by atoms with E-state index in [4.69, 9.17) is 28.5 Å². The van der Waals surface area contributed by atoms with Gasteiger partial charge in [-0.2, -0.15) is 5.26 Å². The number of imide groups is 1. The van der Waals surface area contributed by atoms with Crippen molar-refractivity contribution in [3.8, 4) is 6.07 Å². The first-order valence-corrected chi connectivity index (χ1v) is 5.34. The summed E-state index contributed by atoms with van der Waals surface area (Å²) in [6.07, 6.45) is 0. The van der Waals surface area contributed by atoms with Crippen LogP contribution in [0.1, 0.15) is 5.56 Å². The van der Waals surface area contributed by atoms with Crippen molar-refractivity contribution in [3.05, 3.63) is 28.8 Å². The maximum atomic E-state index is 11.3. The van der Waals surface area contributed by atoms with Crippen LogP contribution < -0.4 is 10.6 Å². The van der Waals surface area contributed by atoms with Gasteiger partial charge < -0.3 is 5.32 Å². The van der Waals surface area contributed by atoms with Gasteiger partial charge in [-0.05, 0) is 18.2 Å². The number of hydrogen-bond donors (Lipinski definition) is 2. The van der Waals surface area contributed by atoms with Crippen LogP contribution in [0.5, 0.6) is 0 Å². The van der Waals surface area contributed by atoms with E-state index in [2.05, 4.69) is 5.32 Å². The topological polar surface area (TPSA) is 82.0 Å². The van der Waals surface area contributed by atoms with E-state index in [9.17, 15) is 9.59 Å². The number of nitrogens with one attached hydrogen (secondary N) is 2. The maximum Gasteiger partial charge on any atom is 0.325 e. The molecule has 0 bridgehead atoms. The van der Waals surface area contributed by atoms with Crippen LogP contribution in [0.25, 0.3) is 0 Å². The predicted octanol–water partition coefficient (Wildman–Crippen LogP) is 2.10. The molecular weight excluding hydrogens is 265 g/mol. The van der Waals surface area contributed by atoms with E-state index in [-0.39, 0.29) is 16.6 Å². The first kappa shape index (κ1) is 13.3. The molecule has 3 amide bonds. The van der Waals surface area contributed by atoms with Crippen LogP contribution in [0.2, 0.25) is 5.02 Å². The minimum absolute atomic E-state index is 0.241. The van der Waals surface area contributed by atoms with Gasteiger partial charge >= 0.3 is 6.03 Å². The highest BCUT2D eigenvalue weighted by atomic mass is 35.5. The summed E-state index contributed by atoms with van der Waals surface area (Å²) in [6, 6.07) is 5.52. The van der Waals surface area contributed by atoms with E-state index in [0.29, 0.717) is 5.56 Å². The largest absolute Gasteiger partial charge is 0.325 e. The molecule has 0 aliphatic rings. The smallest absolute Gasteiger partial charge is 0.306 e. The van der Waals surface area contributed by atoms with Gasteiger partial charge in [0.05, 0.1) is 22.3 Å². The lowest BCUT2D eigenvalue weighted by Crippen LogP contribution is -2.35. The molecule has 1 aromatic carbocycles. The van der Waals surface area contributed by atoms with Crippen molar-refractivity contribution in [2.45, 2.75) is 0 Å². The van der Waals surface area contributed by atoms with Crippen LogP contribution in [0.4, 0.5) is 10.5 Å². The second-order valence-corrected chi connectivity index (χ2v) is 3.62. The standard InChI is InChI=1S/C10H7Cl2N3O2/c11-4-9(16)15-10(17)14-8-3-6(5-13)1-2-7(8)12/h1-3H,4H2,(H2,14,15,16,17). The van der Waals surface area contributed by atoms with Crippen molar-refractivity contribution in [1.82, 2.24) is 5.32 Å². The SMILES string of the molecule is N#Cc1ccc(Cl)c(NC(=O)NC(=O)CCl)c1. The van der Waals surface area contributed by atoms with Crippen molar-refractivity contribution in [2.75, 3.05) is 11.2 Å². The Bertz CT molecular complexity index is 497. The summed E-state index contributed by atoms with van der Waals surface area (Å²) in [4.78, 5) is 22.1. The number of alkyl halides is 1. The summed E-state index contributed by atoms with van der Waals surface area (Å²) < 4.78 is 0. The quantitative estimate of drug-likeness (QED) is 0.809. The van der Waals surface area contributed by atoms with Gasteiger partial charge in [-0.25, -0.2) is 4.79 Å². The normalized spacial score (nSPS) is 9.24. The summed E-state index contributed by atoms with van der Waals surface area (Å²) >= 11 is 11.0. The van der Waals surface area contributed by atoms with Crippen LogP contribution in [-0.4, -0.2) is 17.8 Å². The number of nitrogens with zero attached hydrogens (tertiary/aromatic N) is 1. The number of anilines is 1. The summed E-state index contributed by atoms with van der Waals surface area (Å²) in [5.74, 6) is -0.948. The van der Waals surface area contributed by atoms with Crippen LogP contribution in [-0.2, 0) is 4.79 Å². The number of benzene rings is 1. The second kappa shape index (κ2) is 6.09. The fraction of sp³-hybridized carbons (Fsp3) is 0.100. The Labute approximate surface area is 107 Å². The van der Waals surface area contributed by atoms with Crippen LogP contribution in [0.15, 0.2) is 18.2 Å². The highest BCUT2D eigenvalue weighted by Gasteiger charge is 2.09. The van der Waals surface area contributed by atoms with Gasteiger partial charge in [0.2, 0.25) is 5.91 Å². The van der Waals surface area contributed by atoms with E-state index in [0.717, 1.165) is 0 Å². The zero-order valence-electron chi connectivity index (χ0n) is 8.46. The van der Waals surface area contributed by atoms with E-state index in [1.54, 1.807) is 0 Å². The minimum atomic E-state index is -0.757. The Morgan fingerprint density at radius 1 is 1.41 bits per heavy atom. The Hall–Kier alpha value is -1.77. The van der Waals surface area contributed by atoms with E-state index in [1.807, 2.05) is 11.4 Å². The third-order valence-electron chi connectivity index (χ3n) is 1.72. The number of carbonyl (C=O) groups excluding carboxylic acids is 2. The molecule has 2 N–H and O–H groups in total. The summed E-state index contributed by atoms with van der Waals surface area (Å²) in [5, 5.41) is 13.3. The lowest BCUT2D eigenvalue weighted by atomic mass is 10.2. The van der Waals surface area contributed by atoms with Crippen molar-refractivity contribution < 1.29 is 9.59 Å². The van der Waals surface area contributed by atoms with Crippen LogP contribution in [0, 0.1) is 11.3 Å². The van der Waals surface area contributed by atoms with E-state index < -0.39 is 11.9 Å². The summed E-state index contributed by atoms with van der Waals surface area (Å²) in [7, 11) is 0. The molecule has 0 atom stereocenters. The molecule has 0 fully saturated rings. The molecule has 0 unspecified atom stereocenters. The molecule has 17 heavy (non-hydrogen) atoms. The van der Waals surface area contributed by atoms with Crippen molar-refractivity contribution in [2.24, 2.45) is 0 Å². The molecular formula is C10H7Cl2N3O2. The van der Waals surface area contributed by atoms with Crippen LogP contribution >= 0.6 is 23.2 Å². The molecule has 0 aliphatic carbocycles. The third kappa shape index (κ3) is 3.94. The molecule has 0 aromatic heterocycles. The van der Waals surface area contributed by atoms with Crippen molar-refractivity contribution in [1.29, 1.82) is 5.26 Å². The van der Waals surface area contributed by atoms with E-state index >= 15 is 0 Å². The lowest BCUT2D eigenvalue weighted by Gasteiger charge is -2.07. The molecule has 7 heteroatoms. The Morgan fingerprint density at radius 2 is 2.12 bits per heavy atom. The number of rotatable bonds is 2. The first-order chi connectivity index (χ1) is 8.06. The predicted molar refractivity (Wildman–Crippen MR) is 64.0 cm³/mol. The van der Waals surface area contributed by atoms with Gasteiger partial charge in [-0.15, -0.1) is 11.6 Å². The Morgan fingerprint density at radius 3 is 2.71 bits per heavy atom. The molecule has 5 nitrogen and oxygen atoms in total. The van der Waals surface area contributed by atoms with Gasteiger partial charge in [-0.3, -0.25) is 10.1 Å². The van der Waals surface area contributed by atoms with Gasteiger partial charge in [0.25, 0.3) is 0 Å². The minimum Gasteiger partial charge on any atom is -0.306 e. The first-order valence-electron chi connectivity index (χ1n) is 4.43. The third-order valence-corrected chi connectivity index (χ3v) is 2.29. The number of carbonyl (C=O) groups is 2. The number of amides is 3. The highest BCUT2D eigenvalue weighted by Crippen LogP contribution is 2.22. The molecule has 0 aliphatic heterocycles. The average molecular weight is 272 g/mol. The lowest BCUT2D eigenvalue weighted by molar-refractivity contribution is -0.117. The maximum absolute atomic E-state index is 11.3. The summed E-state index contributed by atoms with van der Waals surface area (Å²) in [5.41, 5.74) is 0.582. The number of urea groups is 1. The van der Waals surface area contributed by atoms with Gasteiger partial charge in [0, 0.05) is 0 Å². The molecule has 0 radical (unpaired) electrons. The molecule has 0 saturated carbocycles. The summed E-state index contributed by atoms with van der Waals surface area (Å²) in [6.45, 7) is 0. The van der Waals surface area contributed by atoms with E-state index in [1.165, 1.54) is 18.2 Å². The van der Waals surface area contributed by atoms with Gasteiger partial charge in [0.15, 0.2) is 0 Å². The molecule has 0 saturated heterocycles. The number of hydrogen-bond acceptors (Lipinski definition) is 3. The van der Waals surface area contributed by atoms with Crippen molar-refractivity contribution >= 4 is 40.8 Å². The Balaban J connectivity index is 2.78. The zero-order chi connectivity index (χ0) is 12.8. The van der Waals surface area contributed by atoms with Gasteiger partial charge in [-0.1, -0.05) is 11.6 Å². The fourth-order valence-electron chi connectivity index (χ4n) is 1.00. The van der Waals surface area contributed by atoms with Crippen LogP contribution in [0.3, 0.4) is 0 Å². The molecule has 88 valence electrons. The highest BCUT2D eigenvalue weighted by molar-refractivity contribution is 6.34. The number of halogens is 2. The molecule has 0 spiro atoms. The molecule has 1 aromatic rings. The fourth-order valence-corrected chi connectivity index (χ4v) is 1.24. The number of nitriles is 1. The van der Waals surface area contributed by atoms with Gasteiger partial charge in [0.1, 0.15) is 5.88 Å². The Kier molecular flexibility index (Phi) is 4.76. The second-order valence-electron chi connectivity index (χ2n) is 2.94. The van der Waals surface area contributed by atoms with Crippen molar-refractivity contribution in [3.63, 3.8) is 0 Å². The zero-order valence-corrected chi connectivity index (χ0v) is 9.97. The molecule has 0 heterocycles. The average Bonchev–Trinajstić information content (AvgIpc) is 2.31. The monoisotopic (exact) mass is 271 g/mol. The molecule has 1 rings (SSSR count).